The zero-order valence-corrected chi connectivity index (χ0v) is 20.4. The number of halogens is 1. The summed E-state index contributed by atoms with van der Waals surface area (Å²) < 4.78 is 3.67. The predicted octanol–water partition coefficient (Wildman–Crippen LogP) is 5.27. The van der Waals surface area contributed by atoms with Crippen molar-refractivity contribution in [1.82, 2.24) is 19.2 Å². The van der Waals surface area contributed by atoms with E-state index in [0.29, 0.717) is 28.1 Å². The molecule has 0 spiro atoms. The van der Waals surface area contributed by atoms with Crippen LogP contribution >= 0.6 is 34.7 Å². The first kappa shape index (κ1) is 21.6. The van der Waals surface area contributed by atoms with Crippen LogP contribution in [0.15, 0.2) is 64.5 Å². The lowest BCUT2D eigenvalue weighted by Crippen LogP contribution is -2.24. The molecule has 0 unspecified atom stereocenters. The summed E-state index contributed by atoms with van der Waals surface area (Å²) in [6.07, 6.45) is 2.99. The largest absolute Gasteiger partial charge is 0.293 e. The van der Waals surface area contributed by atoms with Crippen LogP contribution in [0.5, 0.6) is 0 Å². The van der Waals surface area contributed by atoms with Gasteiger partial charge in [-0.25, -0.2) is 4.40 Å². The number of aromatic nitrogens is 4. The molecule has 170 valence electrons. The topological polar surface area (TPSA) is 69.3 Å². The van der Waals surface area contributed by atoms with Gasteiger partial charge in [0.25, 0.3) is 5.56 Å². The van der Waals surface area contributed by atoms with Crippen LogP contribution in [0.1, 0.15) is 32.8 Å². The van der Waals surface area contributed by atoms with Crippen LogP contribution in [-0.2, 0) is 19.4 Å². The molecule has 3 aromatic heterocycles. The lowest BCUT2D eigenvalue weighted by atomic mass is 10.1. The molecule has 3 heterocycles. The first-order valence-electron chi connectivity index (χ1n) is 11.0. The average molecular weight is 507 g/mol. The smallest absolute Gasteiger partial charge is 0.264 e. The number of thioether (sulfide) groups is 1. The van der Waals surface area contributed by atoms with Gasteiger partial charge in [-0.3, -0.25) is 14.2 Å². The Hall–Kier alpha value is -2.94. The maximum absolute atomic E-state index is 13.7. The molecule has 0 aliphatic heterocycles. The standard InChI is InChI=1S/C25H19ClN4O2S2/c26-17-11-9-16(10-12-17)19(31)14-33-25-28-27-24-29(13-15-5-2-1-3-6-15)22(32)21-18-7-4-8-20(18)34-23(21)30(24)25/h1-3,5-6,9-12H,4,7-8,13-14H2. The first-order valence-corrected chi connectivity index (χ1v) is 13.2. The second-order valence-electron chi connectivity index (χ2n) is 8.25. The van der Waals surface area contributed by atoms with Gasteiger partial charge in [-0.1, -0.05) is 53.7 Å². The molecule has 2 aromatic carbocycles. The van der Waals surface area contributed by atoms with E-state index in [-0.39, 0.29) is 17.1 Å². The highest BCUT2D eigenvalue weighted by Crippen LogP contribution is 2.37. The Morgan fingerprint density at radius 2 is 1.85 bits per heavy atom. The van der Waals surface area contributed by atoms with E-state index < -0.39 is 0 Å². The fourth-order valence-corrected chi connectivity index (χ4v) is 6.85. The molecule has 0 bridgehead atoms. The number of Topliss-reactive ketones (excluding diaryl/α,β-unsaturated/α-hetero) is 1. The predicted molar refractivity (Wildman–Crippen MR) is 137 cm³/mol. The third-order valence-electron chi connectivity index (χ3n) is 6.10. The van der Waals surface area contributed by atoms with Crippen LogP contribution in [0.2, 0.25) is 5.02 Å². The molecular weight excluding hydrogens is 488 g/mol. The molecule has 5 aromatic rings. The average Bonchev–Trinajstić information content (AvgIpc) is 3.55. The second-order valence-corrected chi connectivity index (χ2v) is 10.7. The second kappa shape index (κ2) is 8.69. The Morgan fingerprint density at radius 1 is 1.06 bits per heavy atom. The van der Waals surface area contributed by atoms with Gasteiger partial charge < -0.3 is 0 Å². The lowest BCUT2D eigenvalue weighted by Gasteiger charge is -2.10. The summed E-state index contributed by atoms with van der Waals surface area (Å²) in [7, 11) is 0. The SMILES string of the molecule is O=C(CSc1nnc2n(Cc3ccccc3)c(=O)c3c4c(sc3n12)CCC4)c1ccc(Cl)cc1. The van der Waals surface area contributed by atoms with Crippen LogP contribution in [0.25, 0.3) is 16.0 Å². The number of thiophene rings is 1. The summed E-state index contributed by atoms with van der Waals surface area (Å²) in [4.78, 5) is 28.6. The number of carbonyl (C=O) groups excluding carboxylic acids is 1. The molecule has 0 saturated carbocycles. The highest BCUT2D eigenvalue weighted by Gasteiger charge is 2.26. The fourth-order valence-electron chi connectivity index (χ4n) is 4.46. The number of carbonyl (C=O) groups is 1. The Labute approximate surface area is 208 Å². The molecule has 0 saturated heterocycles. The van der Waals surface area contributed by atoms with E-state index in [0.717, 1.165) is 40.6 Å². The van der Waals surface area contributed by atoms with E-state index in [1.54, 1.807) is 40.2 Å². The number of fused-ring (bicyclic) bond motifs is 5. The van der Waals surface area contributed by atoms with Crippen molar-refractivity contribution in [3.05, 3.63) is 91.5 Å². The normalized spacial score (nSPS) is 13.1. The van der Waals surface area contributed by atoms with Crippen LogP contribution in [0.3, 0.4) is 0 Å². The number of hydrogen-bond donors (Lipinski definition) is 0. The van der Waals surface area contributed by atoms with Crippen molar-refractivity contribution < 1.29 is 4.79 Å². The van der Waals surface area contributed by atoms with Gasteiger partial charge in [-0.15, -0.1) is 21.5 Å². The Morgan fingerprint density at radius 3 is 2.65 bits per heavy atom. The van der Waals surface area contributed by atoms with Crippen molar-refractivity contribution >= 4 is 56.5 Å². The van der Waals surface area contributed by atoms with Gasteiger partial charge >= 0.3 is 0 Å². The van der Waals surface area contributed by atoms with Gasteiger partial charge in [0.05, 0.1) is 17.7 Å². The molecule has 0 N–H and O–H groups in total. The molecule has 0 fully saturated rings. The van der Waals surface area contributed by atoms with Crippen molar-refractivity contribution in [2.45, 2.75) is 31.0 Å². The molecule has 6 nitrogen and oxygen atoms in total. The third-order valence-corrected chi connectivity index (χ3v) is 8.56. The molecule has 1 aliphatic rings. The maximum atomic E-state index is 13.7. The van der Waals surface area contributed by atoms with Crippen molar-refractivity contribution in [1.29, 1.82) is 0 Å². The van der Waals surface area contributed by atoms with Crippen molar-refractivity contribution in [2.75, 3.05) is 5.75 Å². The number of ketones is 1. The van der Waals surface area contributed by atoms with Crippen molar-refractivity contribution in [2.24, 2.45) is 0 Å². The quantitative estimate of drug-likeness (QED) is 0.232. The molecule has 0 radical (unpaired) electrons. The number of hydrogen-bond acceptors (Lipinski definition) is 6. The molecule has 9 heteroatoms. The minimum absolute atomic E-state index is 0.0130. The third kappa shape index (κ3) is 3.66. The number of benzene rings is 2. The summed E-state index contributed by atoms with van der Waals surface area (Å²) in [5, 5.41) is 10.8. The van der Waals surface area contributed by atoms with Gasteiger partial charge in [0, 0.05) is 15.5 Å². The fraction of sp³-hybridized carbons (Fsp3) is 0.200. The zero-order chi connectivity index (χ0) is 23.2. The summed E-state index contributed by atoms with van der Waals surface area (Å²) in [6, 6.07) is 16.8. The van der Waals surface area contributed by atoms with Crippen LogP contribution in [-0.4, -0.2) is 30.7 Å². The minimum Gasteiger partial charge on any atom is -0.293 e. The number of aryl methyl sites for hydroxylation is 2. The van der Waals surface area contributed by atoms with E-state index in [4.69, 9.17) is 11.6 Å². The van der Waals surface area contributed by atoms with Gasteiger partial charge in [0.2, 0.25) is 5.78 Å². The van der Waals surface area contributed by atoms with E-state index in [9.17, 15) is 9.59 Å². The Kier molecular flexibility index (Phi) is 5.51. The van der Waals surface area contributed by atoms with Crippen molar-refractivity contribution in [3.63, 3.8) is 0 Å². The van der Waals surface area contributed by atoms with Crippen LogP contribution in [0.4, 0.5) is 0 Å². The van der Waals surface area contributed by atoms with E-state index in [1.807, 2.05) is 34.7 Å². The van der Waals surface area contributed by atoms with Crippen LogP contribution in [0, 0.1) is 0 Å². The molecule has 6 rings (SSSR count). The number of nitrogens with zero attached hydrogens (tertiary/aromatic N) is 4. The molecule has 0 atom stereocenters. The summed E-state index contributed by atoms with van der Waals surface area (Å²) in [6.45, 7) is 0.413. The monoisotopic (exact) mass is 506 g/mol. The Bertz CT molecular complexity index is 1600. The van der Waals surface area contributed by atoms with Gasteiger partial charge in [0.1, 0.15) is 4.83 Å². The van der Waals surface area contributed by atoms with Crippen LogP contribution < -0.4 is 5.56 Å². The van der Waals surface area contributed by atoms with E-state index >= 15 is 0 Å². The van der Waals surface area contributed by atoms with Gasteiger partial charge in [-0.05, 0) is 54.7 Å². The summed E-state index contributed by atoms with van der Waals surface area (Å²) in [5.41, 5.74) is 2.77. The lowest BCUT2D eigenvalue weighted by molar-refractivity contribution is 0.102. The molecular formula is C25H19ClN4O2S2. The Balaban J connectivity index is 1.45. The van der Waals surface area contributed by atoms with E-state index in [1.165, 1.54) is 16.6 Å². The number of rotatable bonds is 6. The van der Waals surface area contributed by atoms with Crippen molar-refractivity contribution in [3.8, 4) is 0 Å². The minimum atomic E-state index is -0.0213. The first-order chi connectivity index (χ1) is 16.6. The maximum Gasteiger partial charge on any atom is 0.264 e. The van der Waals surface area contributed by atoms with Gasteiger partial charge in [-0.2, -0.15) is 0 Å². The summed E-state index contributed by atoms with van der Waals surface area (Å²) in [5.74, 6) is 0.705. The van der Waals surface area contributed by atoms with E-state index in [2.05, 4.69) is 10.2 Å². The highest BCUT2D eigenvalue weighted by molar-refractivity contribution is 7.99. The van der Waals surface area contributed by atoms with Gasteiger partial charge in [0.15, 0.2) is 10.9 Å². The molecule has 0 amide bonds. The molecule has 1 aliphatic carbocycles. The molecule has 34 heavy (non-hydrogen) atoms. The highest BCUT2D eigenvalue weighted by atomic mass is 35.5. The zero-order valence-electron chi connectivity index (χ0n) is 18.0. The summed E-state index contributed by atoms with van der Waals surface area (Å²) >= 11 is 8.94.